The molecule has 0 aliphatic heterocycles. The molecule has 0 spiro atoms. The number of nitrogens with one attached hydrogen (secondary N) is 2. The Balaban J connectivity index is 1.78. The van der Waals surface area contributed by atoms with Gasteiger partial charge in [0, 0.05) is 23.6 Å². The maximum atomic E-state index is 12.7. The van der Waals surface area contributed by atoms with E-state index in [0.29, 0.717) is 17.9 Å². The van der Waals surface area contributed by atoms with Crippen molar-refractivity contribution in [2.45, 2.75) is 32.1 Å². The number of H-pyrrole nitrogens is 1. The lowest BCUT2D eigenvalue weighted by molar-refractivity contribution is 0.415. The molecule has 2 aromatic carbocycles. The molecule has 5 nitrogen and oxygen atoms in total. The molecule has 0 amide bonds. The Morgan fingerprint density at radius 3 is 2.42 bits per heavy atom. The predicted molar refractivity (Wildman–Crippen MR) is 104 cm³/mol. The number of benzene rings is 2. The zero-order chi connectivity index (χ0) is 18.9. The third kappa shape index (κ3) is 3.61. The summed E-state index contributed by atoms with van der Waals surface area (Å²) in [5.41, 5.74) is 4.66. The Hall–Kier alpha value is -2.31. The average molecular weight is 372 g/mol. The van der Waals surface area contributed by atoms with Crippen molar-refractivity contribution in [3.8, 4) is 5.75 Å². The van der Waals surface area contributed by atoms with Gasteiger partial charge < -0.3 is 9.72 Å². The van der Waals surface area contributed by atoms with Crippen molar-refractivity contribution in [1.29, 1.82) is 0 Å². The van der Waals surface area contributed by atoms with Gasteiger partial charge in [-0.1, -0.05) is 17.7 Å². The van der Waals surface area contributed by atoms with Crippen LogP contribution in [-0.2, 0) is 16.4 Å². The molecule has 6 heteroatoms. The standard InChI is InChI=1S/C20H24N2O3S/c1-13-9-14(2)20(15(3)10-13)26(23,24)22-8-7-16-12-21-19-6-5-17(25-4)11-18(16)19/h5-6,9-12,21-22H,7-8H2,1-4H3. The smallest absolute Gasteiger partial charge is 0.241 e. The second-order valence-corrected chi connectivity index (χ2v) is 8.30. The summed E-state index contributed by atoms with van der Waals surface area (Å²) in [4.78, 5) is 3.59. The van der Waals surface area contributed by atoms with E-state index in [1.165, 1.54) is 0 Å². The number of sulfonamides is 1. The Labute approximate surface area is 154 Å². The second kappa shape index (κ2) is 7.13. The number of hydrogen-bond donors (Lipinski definition) is 2. The number of aryl methyl sites for hydroxylation is 3. The maximum absolute atomic E-state index is 12.7. The molecule has 1 heterocycles. The maximum Gasteiger partial charge on any atom is 0.241 e. The normalized spacial score (nSPS) is 11.8. The summed E-state index contributed by atoms with van der Waals surface area (Å²) < 4.78 is 33.5. The first kappa shape index (κ1) is 18.5. The highest BCUT2D eigenvalue weighted by atomic mass is 32.2. The number of rotatable bonds is 6. The molecule has 0 saturated carbocycles. The number of ether oxygens (including phenoxy) is 1. The Kier molecular flexibility index (Phi) is 5.07. The van der Waals surface area contributed by atoms with E-state index in [1.807, 2.05) is 57.3 Å². The summed E-state index contributed by atoms with van der Waals surface area (Å²) in [6.07, 6.45) is 2.51. The summed E-state index contributed by atoms with van der Waals surface area (Å²) >= 11 is 0. The van der Waals surface area contributed by atoms with E-state index in [9.17, 15) is 8.42 Å². The fraction of sp³-hybridized carbons (Fsp3) is 0.300. The van der Waals surface area contributed by atoms with Crippen LogP contribution in [0.3, 0.4) is 0 Å². The lowest BCUT2D eigenvalue weighted by Gasteiger charge is -2.13. The fourth-order valence-electron chi connectivity index (χ4n) is 3.47. The molecule has 1 aromatic heterocycles. The molecule has 2 N–H and O–H groups in total. The van der Waals surface area contributed by atoms with Gasteiger partial charge in [0.05, 0.1) is 12.0 Å². The average Bonchev–Trinajstić information content (AvgIpc) is 2.95. The summed E-state index contributed by atoms with van der Waals surface area (Å²) in [6, 6.07) is 9.61. The minimum Gasteiger partial charge on any atom is -0.497 e. The van der Waals surface area contributed by atoms with Gasteiger partial charge in [0.1, 0.15) is 5.75 Å². The number of aromatic amines is 1. The zero-order valence-electron chi connectivity index (χ0n) is 15.5. The van der Waals surface area contributed by atoms with Crippen LogP contribution in [0.25, 0.3) is 10.9 Å². The lowest BCUT2D eigenvalue weighted by Crippen LogP contribution is -2.27. The zero-order valence-corrected chi connectivity index (χ0v) is 16.3. The van der Waals surface area contributed by atoms with Crippen LogP contribution in [0.15, 0.2) is 41.4 Å². The molecular formula is C20H24N2O3S. The monoisotopic (exact) mass is 372 g/mol. The van der Waals surface area contributed by atoms with Crippen molar-refractivity contribution in [2.24, 2.45) is 0 Å². The van der Waals surface area contributed by atoms with Crippen molar-refractivity contribution in [3.05, 3.63) is 58.8 Å². The van der Waals surface area contributed by atoms with Crippen LogP contribution in [0.5, 0.6) is 5.75 Å². The van der Waals surface area contributed by atoms with Crippen LogP contribution in [0.4, 0.5) is 0 Å². The number of aromatic nitrogens is 1. The molecule has 0 radical (unpaired) electrons. The highest BCUT2D eigenvalue weighted by Gasteiger charge is 2.19. The fourth-order valence-corrected chi connectivity index (χ4v) is 4.95. The molecule has 0 aliphatic carbocycles. The number of hydrogen-bond acceptors (Lipinski definition) is 3. The van der Waals surface area contributed by atoms with Crippen LogP contribution in [0.2, 0.25) is 0 Å². The highest BCUT2D eigenvalue weighted by molar-refractivity contribution is 7.89. The number of fused-ring (bicyclic) bond motifs is 1. The van der Waals surface area contributed by atoms with E-state index in [0.717, 1.165) is 38.9 Å². The van der Waals surface area contributed by atoms with Gasteiger partial charge in [-0.25, -0.2) is 13.1 Å². The first-order chi connectivity index (χ1) is 12.3. The summed E-state index contributed by atoms with van der Waals surface area (Å²) in [5.74, 6) is 0.782. The lowest BCUT2D eigenvalue weighted by atomic mass is 10.1. The molecule has 3 rings (SSSR count). The van der Waals surface area contributed by atoms with Gasteiger partial charge >= 0.3 is 0 Å². The van der Waals surface area contributed by atoms with Crippen LogP contribution < -0.4 is 9.46 Å². The van der Waals surface area contributed by atoms with Gasteiger partial charge in [0.2, 0.25) is 10.0 Å². The topological polar surface area (TPSA) is 71.2 Å². The van der Waals surface area contributed by atoms with Crippen molar-refractivity contribution >= 4 is 20.9 Å². The van der Waals surface area contributed by atoms with Crippen LogP contribution in [0.1, 0.15) is 22.3 Å². The van der Waals surface area contributed by atoms with Crippen LogP contribution in [-0.4, -0.2) is 27.1 Å². The van der Waals surface area contributed by atoms with E-state index in [4.69, 9.17) is 4.74 Å². The van der Waals surface area contributed by atoms with Crippen LogP contribution in [0, 0.1) is 20.8 Å². The number of methoxy groups -OCH3 is 1. The van der Waals surface area contributed by atoms with Gasteiger partial charge in [-0.05, 0) is 62.1 Å². The SMILES string of the molecule is COc1ccc2[nH]cc(CCNS(=O)(=O)c3c(C)cc(C)cc3C)c2c1. The molecule has 0 fully saturated rings. The van der Waals surface area contributed by atoms with Crippen LogP contribution >= 0.6 is 0 Å². The summed E-state index contributed by atoms with van der Waals surface area (Å²) in [6.45, 7) is 5.97. The van der Waals surface area contributed by atoms with E-state index >= 15 is 0 Å². The molecular weight excluding hydrogens is 348 g/mol. The molecule has 0 saturated heterocycles. The molecule has 26 heavy (non-hydrogen) atoms. The summed E-state index contributed by atoms with van der Waals surface area (Å²) in [5, 5.41) is 1.05. The molecule has 0 atom stereocenters. The summed E-state index contributed by atoms with van der Waals surface area (Å²) in [7, 11) is -1.91. The van der Waals surface area contributed by atoms with E-state index in [-0.39, 0.29) is 0 Å². The predicted octanol–water partition coefficient (Wildman–Crippen LogP) is 3.62. The highest BCUT2D eigenvalue weighted by Crippen LogP contribution is 2.24. The van der Waals surface area contributed by atoms with Crippen molar-refractivity contribution < 1.29 is 13.2 Å². The first-order valence-corrected chi connectivity index (χ1v) is 10.0. The third-order valence-electron chi connectivity index (χ3n) is 4.53. The molecule has 3 aromatic rings. The molecule has 0 aliphatic rings. The minimum absolute atomic E-state index is 0.333. The molecule has 0 bridgehead atoms. The second-order valence-electron chi connectivity index (χ2n) is 6.60. The Morgan fingerprint density at radius 1 is 1.08 bits per heavy atom. The largest absolute Gasteiger partial charge is 0.497 e. The van der Waals surface area contributed by atoms with E-state index in [2.05, 4.69) is 9.71 Å². The quantitative estimate of drug-likeness (QED) is 0.694. The third-order valence-corrected chi connectivity index (χ3v) is 6.30. The minimum atomic E-state index is -3.54. The van der Waals surface area contributed by atoms with Crippen molar-refractivity contribution in [3.63, 3.8) is 0 Å². The van der Waals surface area contributed by atoms with E-state index in [1.54, 1.807) is 7.11 Å². The van der Waals surface area contributed by atoms with Gasteiger partial charge in [-0.2, -0.15) is 0 Å². The molecule has 138 valence electrons. The van der Waals surface area contributed by atoms with Crippen molar-refractivity contribution in [1.82, 2.24) is 9.71 Å². The molecule has 0 unspecified atom stereocenters. The van der Waals surface area contributed by atoms with E-state index < -0.39 is 10.0 Å². The Morgan fingerprint density at radius 2 is 1.77 bits per heavy atom. The van der Waals surface area contributed by atoms with Crippen molar-refractivity contribution in [2.75, 3.05) is 13.7 Å². The Bertz CT molecular complexity index is 1030. The van der Waals surface area contributed by atoms with Gasteiger partial charge in [0.25, 0.3) is 0 Å². The van der Waals surface area contributed by atoms with Gasteiger partial charge in [-0.15, -0.1) is 0 Å². The van der Waals surface area contributed by atoms with Gasteiger partial charge in [0.15, 0.2) is 0 Å². The first-order valence-electron chi connectivity index (χ1n) is 8.53. The van der Waals surface area contributed by atoms with Gasteiger partial charge in [-0.3, -0.25) is 0 Å².